The predicted molar refractivity (Wildman–Crippen MR) is 193 cm³/mol. The summed E-state index contributed by atoms with van der Waals surface area (Å²) in [7, 11) is -3.43. The van der Waals surface area contributed by atoms with Gasteiger partial charge in [0.2, 0.25) is 5.88 Å². The van der Waals surface area contributed by atoms with E-state index in [9.17, 15) is 13.2 Å². The third-order valence-electron chi connectivity index (χ3n) is 9.13. The standard InChI is InChI=1S/C39H29N3O6S/c1-22-9-5-10-25-11-6-14-31(34(22)25)40-23(2)27-17-19-29-37-30(20-18-28(36(27)37)24(3)47-21-43)39(48-49(44,45)46-4)42-33-16-8-13-26-12-7-15-32(35(26)33)41-38(29)42/h5-21H,1-4H3/b28-24+,40-23?. The van der Waals surface area contributed by atoms with Crippen LogP contribution < -0.4 is 15.3 Å². The van der Waals surface area contributed by atoms with Crippen molar-refractivity contribution in [2.75, 3.05) is 12.0 Å². The monoisotopic (exact) mass is 667 g/mol. The van der Waals surface area contributed by atoms with Gasteiger partial charge in [-0.3, -0.25) is 14.7 Å². The maximum Gasteiger partial charge on any atom is 0.450 e. The molecule has 2 aliphatic rings. The normalized spacial score (nSPS) is 14.5. The fourth-order valence-electron chi connectivity index (χ4n) is 7.01. The number of aryl methyl sites for hydroxylation is 1. The molecular formula is C39H29N3O6S. The fourth-order valence-corrected chi connectivity index (χ4v) is 7.43. The summed E-state index contributed by atoms with van der Waals surface area (Å²) in [5.74, 6) is 0.850. The molecule has 0 spiro atoms. The second-order valence-corrected chi connectivity index (χ2v) is 13.2. The zero-order chi connectivity index (χ0) is 34.0. The van der Waals surface area contributed by atoms with Gasteiger partial charge in [-0.15, -0.1) is 0 Å². The first-order valence-electron chi connectivity index (χ1n) is 15.6. The molecule has 0 amide bonds. The number of ether oxygens (including phenoxy) is 1. The first-order chi connectivity index (χ1) is 23.7. The molecule has 2 aliphatic heterocycles. The van der Waals surface area contributed by atoms with Gasteiger partial charge < -0.3 is 8.92 Å². The van der Waals surface area contributed by atoms with E-state index in [2.05, 4.69) is 25.1 Å². The molecular weight excluding hydrogens is 639 g/mol. The minimum atomic E-state index is -4.48. The van der Waals surface area contributed by atoms with Crippen LogP contribution in [0.4, 0.5) is 17.1 Å². The number of fused-ring (bicyclic) bond motifs is 4. The Hall–Kier alpha value is -5.84. The van der Waals surface area contributed by atoms with E-state index >= 15 is 0 Å². The lowest BCUT2D eigenvalue weighted by molar-refractivity contribution is -0.122. The van der Waals surface area contributed by atoms with Crippen LogP contribution in [0.5, 0.6) is 0 Å². The number of anilines is 1. The Labute approximate surface area is 282 Å². The Kier molecular flexibility index (Phi) is 7.09. The Morgan fingerprint density at radius 1 is 0.816 bits per heavy atom. The fraction of sp³-hybridized carbons (Fsp3) is 0.103. The van der Waals surface area contributed by atoms with Crippen molar-refractivity contribution >= 4 is 89.4 Å². The van der Waals surface area contributed by atoms with Crippen molar-refractivity contribution in [1.29, 1.82) is 0 Å². The summed E-state index contributed by atoms with van der Waals surface area (Å²) in [6, 6.07) is 31.3. The number of aliphatic imine (C=N–C) groups is 2. The number of rotatable bonds is 7. The molecule has 8 rings (SSSR count). The molecule has 0 unspecified atom stereocenters. The smallest absolute Gasteiger partial charge is 0.433 e. The van der Waals surface area contributed by atoms with E-state index in [1.165, 1.54) is 0 Å². The van der Waals surface area contributed by atoms with Gasteiger partial charge in [-0.1, -0.05) is 66.7 Å². The highest BCUT2D eigenvalue weighted by molar-refractivity contribution is 7.82. The summed E-state index contributed by atoms with van der Waals surface area (Å²) < 4.78 is 42.0. The molecule has 0 saturated carbocycles. The van der Waals surface area contributed by atoms with Crippen molar-refractivity contribution in [3.05, 3.63) is 124 Å². The number of nitrogens with zero attached hydrogens (tertiary/aromatic N) is 3. The molecule has 0 saturated heterocycles. The highest BCUT2D eigenvalue weighted by Crippen LogP contribution is 2.44. The van der Waals surface area contributed by atoms with Gasteiger partial charge >= 0.3 is 10.4 Å². The molecule has 6 aromatic rings. The molecule has 10 heteroatoms. The van der Waals surface area contributed by atoms with Crippen LogP contribution in [0.3, 0.4) is 0 Å². The third-order valence-corrected chi connectivity index (χ3v) is 9.90. The second-order valence-electron chi connectivity index (χ2n) is 11.9. The number of hydrogen-bond donors (Lipinski definition) is 0. The molecule has 0 bridgehead atoms. The topological polar surface area (TPSA) is 107 Å². The van der Waals surface area contributed by atoms with Gasteiger partial charge in [0.15, 0.2) is 0 Å². The number of carbonyl (C=O) groups is 1. The lowest BCUT2D eigenvalue weighted by atomic mass is 9.90. The zero-order valence-corrected chi connectivity index (χ0v) is 27.8. The highest BCUT2D eigenvalue weighted by atomic mass is 32.3. The van der Waals surface area contributed by atoms with Crippen LogP contribution in [-0.2, 0) is 28.3 Å². The number of benzene rings is 6. The van der Waals surface area contributed by atoms with Crippen molar-refractivity contribution in [1.82, 2.24) is 0 Å². The third kappa shape index (κ3) is 4.79. The molecule has 49 heavy (non-hydrogen) atoms. The molecule has 0 radical (unpaired) electrons. The van der Waals surface area contributed by atoms with Crippen LogP contribution in [0.1, 0.15) is 30.5 Å². The maximum atomic E-state index is 13.0. The van der Waals surface area contributed by atoms with Crippen LogP contribution >= 0.6 is 0 Å². The minimum absolute atomic E-state index is 0.0111. The van der Waals surface area contributed by atoms with Gasteiger partial charge in [0.25, 0.3) is 6.47 Å². The van der Waals surface area contributed by atoms with Crippen LogP contribution in [0.2, 0.25) is 0 Å². The molecule has 2 heterocycles. The summed E-state index contributed by atoms with van der Waals surface area (Å²) in [5, 5.41) is 6.41. The largest absolute Gasteiger partial charge is 0.450 e. The number of hydrogen-bond acceptors (Lipinski definition) is 9. The number of carbonyl (C=O) groups excluding carboxylic acids is 1. The summed E-state index contributed by atoms with van der Waals surface area (Å²) in [6.07, 6.45) is 0. The summed E-state index contributed by atoms with van der Waals surface area (Å²) in [5.41, 5.74) is 5.56. The van der Waals surface area contributed by atoms with Gasteiger partial charge in [0.1, 0.15) is 11.6 Å². The SMILES string of the molecule is COS(=O)(=O)OC1=c2cc/c(=C(/C)OC=O)c3c(C(C)=Nc4cccc5cccc(C)c45)ccc(c23)C2=Nc3cccc4cccc(c34)N21. The van der Waals surface area contributed by atoms with Crippen molar-refractivity contribution in [3.8, 4) is 0 Å². The van der Waals surface area contributed by atoms with E-state index < -0.39 is 10.4 Å². The summed E-state index contributed by atoms with van der Waals surface area (Å²) >= 11 is 0. The molecule has 0 fully saturated rings. The van der Waals surface area contributed by atoms with E-state index in [1.807, 2.05) is 73.7 Å². The quantitative estimate of drug-likeness (QED) is 0.136. The Morgan fingerprint density at radius 3 is 2.29 bits per heavy atom. The second kappa shape index (κ2) is 11.4. The van der Waals surface area contributed by atoms with Crippen LogP contribution in [-0.4, -0.2) is 33.5 Å². The van der Waals surface area contributed by atoms with Crippen LogP contribution in [0.15, 0.2) is 107 Å². The van der Waals surface area contributed by atoms with Gasteiger partial charge in [-0.2, -0.15) is 8.42 Å². The lowest BCUT2D eigenvalue weighted by Gasteiger charge is -2.35. The van der Waals surface area contributed by atoms with Gasteiger partial charge in [-0.05, 0) is 67.4 Å². The summed E-state index contributed by atoms with van der Waals surface area (Å²) in [4.78, 5) is 23.5. The predicted octanol–water partition coefficient (Wildman–Crippen LogP) is 6.78. The average molecular weight is 668 g/mol. The lowest BCUT2D eigenvalue weighted by Crippen LogP contribution is -2.42. The number of amidine groups is 1. The Balaban J connectivity index is 1.52. The Morgan fingerprint density at radius 2 is 1.53 bits per heavy atom. The van der Waals surface area contributed by atoms with Gasteiger partial charge in [0.05, 0.1) is 24.2 Å². The molecule has 6 aromatic carbocycles. The molecule has 242 valence electrons. The van der Waals surface area contributed by atoms with Gasteiger partial charge in [0, 0.05) is 48.8 Å². The highest BCUT2D eigenvalue weighted by Gasteiger charge is 2.36. The first kappa shape index (κ1) is 30.5. The van der Waals surface area contributed by atoms with E-state index in [0.29, 0.717) is 50.7 Å². The molecule has 0 atom stereocenters. The first-order valence-corrected chi connectivity index (χ1v) is 16.9. The van der Waals surface area contributed by atoms with Crippen molar-refractivity contribution in [2.24, 2.45) is 9.98 Å². The van der Waals surface area contributed by atoms with Crippen molar-refractivity contribution in [2.45, 2.75) is 20.8 Å². The minimum Gasteiger partial charge on any atom is -0.433 e. The zero-order valence-electron chi connectivity index (χ0n) is 27.0. The van der Waals surface area contributed by atoms with Crippen molar-refractivity contribution in [3.63, 3.8) is 0 Å². The maximum absolute atomic E-state index is 13.0. The summed E-state index contributed by atoms with van der Waals surface area (Å²) in [6.45, 7) is 6.10. The van der Waals surface area contributed by atoms with Crippen LogP contribution in [0, 0.1) is 6.92 Å². The van der Waals surface area contributed by atoms with Crippen molar-refractivity contribution < 1.29 is 26.3 Å². The van der Waals surface area contributed by atoms with Crippen LogP contribution in [0.25, 0.3) is 44.0 Å². The van der Waals surface area contributed by atoms with E-state index in [4.69, 9.17) is 23.1 Å². The molecule has 0 aromatic heterocycles. The molecule has 9 nitrogen and oxygen atoms in total. The average Bonchev–Trinajstić information content (AvgIpc) is 3.10. The van der Waals surface area contributed by atoms with Gasteiger partial charge in [-0.25, -0.2) is 9.18 Å². The molecule has 0 aliphatic carbocycles. The van der Waals surface area contributed by atoms with E-state index in [1.54, 1.807) is 24.0 Å². The molecule has 0 N–H and O–H groups in total. The Bertz CT molecular complexity index is 2720. The van der Waals surface area contributed by atoms with E-state index in [-0.39, 0.29) is 5.88 Å². The van der Waals surface area contributed by atoms with E-state index in [0.717, 1.165) is 56.7 Å².